The molecule has 2 aliphatic heterocycles. The number of anilines is 3. The van der Waals surface area contributed by atoms with Crippen LogP contribution in [-0.4, -0.2) is 41.9 Å². The average molecular weight is 469 g/mol. The van der Waals surface area contributed by atoms with Gasteiger partial charge in [-0.25, -0.2) is 4.98 Å². The summed E-state index contributed by atoms with van der Waals surface area (Å²) in [5, 5.41) is 3.19. The quantitative estimate of drug-likeness (QED) is 0.565. The molecule has 7 heteroatoms. The van der Waals surface area contributed by atoms with Crippen molar-refractivity contribution in [2.75, 3.05) is 30.0 Å². The Bertz CT molecular complexity index is 954. The van der Waals surface area contributed by atoms with Gasteiger partial charge in [0.25, 0.3) is 5.88 Å². The van der Waals surface area contributed by atoms with Crippen LogP contribution in [0.15, 0.2) is 30.5 Å². The predicted octanol–water partition coefficient (Wildman–Crippen LogP) is 5.96. The Labute approximate surface area is 202 Å². The number of halogens is 1. The summed E-state index contributed by atoms with van der Waals surface area (Å²) in [5.74, 6) is 1.04. The molecule has 3 fully saturated rings. The Morgan fingerprint density at radius 2 is 1.71 bits per heavy atom. The van der Waals surface area contributed by atoms with Gasteiger partial charge in [0, 0.05) is 11.4 Å². The Morgan fingerprint density at radius 1 is 1.03 bits per heavy atom. The first-order chi connectivity index (χ1) is 16.4. The molecule has 1 N–H and O–H groups in total. The number of hydrogen-bond acceptors (Lipinski definition) is 6. The number of nitrogens with zero attached hydrogens (tertiary/aromatic N) is 3. The summed E-state index contributed by atoms with van der Waals surface area (Å²) in [6, 6.07) is 9.22. The fourth-order valence-corrected chi connectivity index (χ4v) is 5.80. The summed E-state index contributed by atoms with van der Waals surface area (Å²) in [5.41, 5.74) is 2.43. The number of aromatic nitrogens is 2. The van der Waals surface area contributed by atoms with Crippen molar-refractivity contribution in [1.82, 2.24) is 9.97 Å². The van der Waals surface area contributed by atoms with E-state index in [1.807, 2.05) is 12.1 Å². The van der Waals surface area contributed by atoms with Crippen LogP contribution in [0.25, 0.3) is 0 Å². The lowest BCUT2D eigenvalue weighted by Gasteiger charge is -2.36. The van der Waals surface area contributed by atoms with E-state index in [-0.39, 0.29) is 5.88 Å². The zero-order chi connectivity index (χ0) is 23.7. The summed E-state index contributed by atoms with van der Waals surface area (Å²) >= 11 is 0. The van der Waals surface area contributed by atoms with Crippen LogP contribution in [0, 0.1) is 23.1 Å². The van der Waals surface area contributed by atoms with Crippen LogP contribution < -0.4 is 15.0 Å². The van der Waals surface area contributed by atoms with Crippen LogP contribution in [0.4, 0.5) is 21.7 Å². The molecule has 34 heavy (non-hydrogen) atoms. The summed E-state index contributed by atoms with van der Waals surface area (Å²) in [6.07, 6.45) is 8.22. The molecule has 1 aliphatic carbocycles. The average Bonchev–Trinajstić information content (AvgIpc) is 3.07. The molecule has 5 rings (SSSR count). The van der Waals surface area contributed by atoms with Gasteiger partial charge in [0.05, 0.1) is 38.1 Å². The number of morpholine rings is 1. The topological polar surface area (TPSA) is 59.5 Å². The molecule has 184 valence electrons. The lowest BCUT2D eigenvalue weighted by Crippen LogP contribution is -2.45. The van der Waals surface area contributed by atoms with Gasteiger partial charge in [-0.3, -0.25) is 0 Å². The van der Waals surface area contributed by atoms with E-state index in [1.165, 1.54) is 37.6 Å². The van der Waals surface area contributed by atoms with Crippen LogP contribution in [0.2, 0.25) is 0 Å². The molecule has 0 amide bonds. The van der Waals surface area contributed by atoms with E-state index in [0.717, 1.165) is 37.7 Å². The van der Waals surface area contributed by atoms with Gasteiger partial charge in [-0.05, 0) is 80.0 Å². The minimum Gasteiger partial charge on any atom is -0.475 e. The van der Waals surface area contributed by atoms with Gasteiger partial charge in [0.15, 0.2) is 0 Å². The molecule has 2 saturated heterocycles. The van der Waals surface area contributed by atoms with Gasteiger partial charge in [-0.15, -0.1) is 0 Å². The van der Waals surface area contributed by atoms with Crippen molar-refractivity contribution in [3.8, 4) is 5.88 Å². The minimum atomic E-state index is -0.521. The molecule has 2 atom stereocenters. The smallest absolute Gasteiger partial charge is 0.255 e. The van der Waals surface area contributed by atoms with Crippen molar-refractivity contribution in [3.05, 3.63) is 36.3 Å². The van der Waals surface area contributed by atoms with E-state index < -0.39 is 5.82 Å². The minimum absolute atomic E-state index is 0.0250. The van der Waals surface area contributed by atoms with Crippen molar-refractivity contribution in [3.63, 3.8) is 0 Å². The summed E-state index contributed by atoms with van der Waals surface area (Å²) in [6.45, 7) is 9.07. The van der Waals surface area contributed by atoms with Crippen LogP contribution >= 0.6 is 0 Å². The van der Waals surface area contributed by atoms with Crippen LogP contribution in [0.1, 0.15) is 59.3 Å². The third kappa shape index (κ3) is 5.14. The van der Waals surface area contributed by atoms with Gasteiger partial charge < -0.3 is 19.7 Å². The third-order valence-corrected chi connectivity index (χ3v) is 7.90. The highest BCUT2D eigenvalue weighted by molar-refractivity contribution is 5.60. The molecule has 2 bridgehead atoms. The molecule has 2 aromatic rings. The van der Waals surface area contributed by atoms with Crippen molar-refractivity contribution in [2.45, 2.75) is 71.4 Å². The first kappa shape index (κ1) is 23.3. The summed E-state index contributed by atoms with van der Waals surface area (Å²) < 4.78 is 25.8. The van der Waals surface area contributed by atoms with Gasteiger partial charge in [-0.1, -0.05) is 20.8 Å². The maximum absolute atomic E-state index is 14.3. The fraction of sp³-hybridized carbons (Fsp3) is 0.630. The van der Waals surface area contributed by atoms with Crippen molar-refractivity contribution >= 4 is 17.3 Å². The maximum Gasteiger partial charge on any atom is 0.255 e. The summed E-state index contributed by atoms with van der Waals surface area (Å²) in [7, 11) is 0. The van der Waals surface area contributed by atoms with E-state index in [1.54, 1.807) is 0 Å². The standard InChI is InChI=1S/C27H37FN4O2/c1-27(2,3)19-6-4-18(5-7-19)15-34-25-24(28)14-29-26(31-25)30-20-8-10-21(11-9-20)32-22-12-13-23(32)17-33-16-22/h8-11,14,18-19,22-23H,4-7,12-13,15-17H2,1-3H3,(H,29,30,31)/t18-,19-,22?,23?. The monoisotopic (exact) mass is 468 g/mol. The number of hydrogen-bond donors (Lipinski definition) is 1. The Kier molecular flexibility index (Phi) is 6.65. The van der Waals surface area contributed by atoms with E-state index >= 15 is 0 Å². The number of rotatable bonds is 6. The third-order valence-electron chi connectivity index (χ3n) is 7.90. The fourth-order valence-electron chi connectivity index (χ4n) is 5.80. The van der Waals surface area contributed by atoms with Gasteiger partial charge in [0.1, 0.15) is 0 Å². The molecule has 1 aromatic heterocycles. The lowest BCUT2D eigenvalue weighted by atomic mass is 9.70. The predicted molar refractivity (Wildman–Crippen MR) is 132 cm³/mol. The van der Waals surface area contributed by atoms with E-state index in [9.17, 15) is 4.39 Å². The first-order valence-corrected chi connectivity index (χ1v) is 12.8. The van der Waals surface area contributed by atoms with Gasteiger partial charge in [-0.2, -0.15) is 9.37 Å². The molecule has 3 aliphatic rings. The maximum atomic E-state index is 14.3. The molecule has 0 spiro atoms. The second kappa shape index (κ2) is 9.68. The largest absolute Gasteiger partial charge is 0.475 e. The summed E-state index contributed by atoms with van der Waals surface area (Å²) in [4.78, 5) is 10.9. The molecule has 3 heterocycles. The van der Waals surface area contributed by atoms with Crippen molar-refractivity contribution < 1.29 is 13.9 Å². The van der Waals surface area contributed by atoms with E-state index in [2.05, 4.69) is 53.1 Å². The zero-order valence-corrected chi connectivity index (χ0v) is 20.6. The van der Waals surface area contributed by atoms with E-state index in [4.69, 9.17) is 9.47 Å². The van der Waals surface area contributed by atoms with Crippen LogP contribution in [-0.2, 0) is 4.74 Å². The van der Waals surface area contributed by atoms with E-state index in [0.29, 0.717) is 36.0 Å². The highest BCUT2D eigenvalue weighted by Crippen LogP contribution is 2.40. The number of benzene rings is 1. The lowest BCUT2D eigenvalue weighted by molar-refractivity contribution is 0.0906. The zero-order valence-electron chi connectivity index (χ0n) is 20.6. The number of fused-ring (bicyclic) bond motifs is 2. The first-order valence-electron chi connectivity index (χ1n) is 12.8. The highest BCUT2D eigenvalue weighted by atomic mass is 19.1. The van der Waals surface area contributed by atoms with Gasteiger partial charge in [0.2, 0.25) is 11.8 Å². The molecule has 0 radical (unpaired) electrons. The van der Waals surface area contributed by atoms with Gasteiger partial charge >= 0.3 is 0 Å². The molecular formula is C27H37FN4O2. The van der Waals surface area contributed by atoms with Crippen molar-refractivity contribution in [1.29, 1.82) is 0 Å². The number of ether oxygens (including phenoxy) is 2. The Balaban J connectivity index is 1.17. The molecule has 2 unspecified atom stereocenters. The Hall–Kier alpha value is -2.41. The van der Waals surface area contributed by atoms with Crippen LogP contribution in [0.5, 0.6) is 5.88 Å². The SMILES string of the molecule is CC(C)(C)[C@H]1CC[C@H](COc2nc(Nc3ccc(N4C5CCC4COC5)cc3)ncc2F)CC1. The normalized spacial score (nSPS) is 27.0. The Morgan fingerprint density at radius 3 is 2.35 bits per heavy atom. The molecule has 1 aromatic carbocycles. The molecule has 1 saturated carbocycles. The van der Waals surface area contributed by atoms with Crippen LogP contribution in [0.3, 0.4) is 0 Å². The van der Waals surface area contributed by atoms with Crippen molar-refractivity contribution in [2.24, 2.45) is 17.3 Å². The number of nitrogens with one attached hydrogen (secondary N) is 1. The second-order valence-electron chi connectivity index (χ2n) is 11.2. The molecule has 6 nitrogen and oxygen atoms in total. The second-order valence-corrected chi connectivity index (χ2v) is 11.2. The molecular weight excluding hydrogens is 431 g/mol. The highest BCUT2D eigenvalue weighted by Gasteiger charge is 2.37.